The van der Waals surface area contributed by atoms with Crippen LogP contribution in [0.1, 0.15) is 5.56 Å². The highest BCUT2D eigenvalue weighted by Crippen LogP contribution is 2.30. The monoisotopic (exact) mass is 296 g/mol. The molecular weight excluding hydrogens is 284 g/mol. The number of non-ortho nitro benzene ring substituents is 1. The topological polar surface area (TPSA) is 125 Å². The number of nitro groups is 1. The van der Waals surface area contributed by atoms with Crippen LogP contribution in [-0.4, -0.2) is 15.8 Å². The molecule has 0 atom stereocenters. The van der Waals surface area contributed by atoms with E-state index in [4.69, 9.17) is 11.5 Å². The molecule has 2 aromatic carbocycles. The van der Waals surface area contributed by atoms with E-state index in [0.29, 0.717) is 22.1 Å². The third-order valence-electron chi connectivity index (χ3n) is 3.45. The Balaban J connectivity index is 2.27. The number of fused-ring (bicyclic) bond motifs is 2. The number of nitrogens with two attached hydrogens (primary N) is 2. The highest BCUT2D eigenvalue weighted by molar-refractivity contribution is 6.06. The molecule has 7 nitrogen and oxygen atoms in total. The van der Waals surface area contributed by atoms with Crippen molar-refractivity contribution < 1.29 is 9.72 Å². The molecule has 22 heavy (non-hydrogen) atoms. The standard InChI is InChI=1S/C15H12N4O3/c16-14(20)6-8-1-3-10-12(5-8)18-13-7-9(19(21)22)2-4-11(13)15(10)17/h1-5,7H,6H2,(H2,16,20)(H2,17,18). The number of nitro benzene ring substituents is 1. The van der Waals surface area contributed by atoms with Crippen molar-refractivity contribution in [2.45, 2.75) is 6.42 Å². The lowest BCUT2D eigenvalue weighted by Gasteiger charge is -2.08. The first kappa shape index (κ1) is 13.7. The molecule has 3 rings (SSSR count). The fraction of sp³-hybridized carbons (Fsp3) is 0.0667. The van der Waals surface area contributed by atoms with E-state index in [0.717, 1.165) is 10.9 Å². The van der Waals surface area contributed by atoms with E-state index in [1.807, 2.05) is 0 Å². The number of pyridine rings is 1. The Morgan fingerprint density at radius 1 is 1.14 bits per heavy atom. The van der Waals surface area contributed by atoms with E-state index in [9.17, 15) is 14.9 Å². The molecule has 0 aliphatic heterocycles. The molecule has 0 radical (unpaired) electrons. The fourth-order valence-electron chi connectivity index (χ4n) is 2.44. The second kappa shape index (κ2) is 4.96. The average Bonchev–Trinajstić information content (AvgIpc) is 2.46. The van der Waals surface area contributed by atoms with Crippen molar-refractivity contribution >= 4 is 39.1 Å². The molecule has 3 aromatic rings. The van der Waals surface area contributed by atoms with Gasteiger partial charge in [0.25, 0.3) is 5.69 Å². The number of nitrogen functional groups attached to an aromatic ring is 1. The summed E-state index contributed by atoms with van der Waals surface area (Å²) >= 11 is 0. The van der Waals surface area contributed by atoms with Crippen LogP contribution in [0.4, 0.5) is 11.4 Å². The van der Waals surface area contributed by atoms with Gasteiger partial charge in [0.1, 0.15) is 0 Å². The van der Waals surface area contributed by atoms with Gasteiger partial charge in [-0.2, -0.15) is 0 Å². The Bertz CT molecular complexity index is 937. The summed E-state index contributed by atoms with van der Waals surface area (Å²) in [5, 5.41) is 12.2. The van der Waals surface area contributed by atoms with Crippen LogP contribution in [0.2, 0.25) is 0 Å². The van der Waals surface area contributed by atoms with Gasteiger partial charge < -0.3 is 11.5 Å². The Kier molecular flexibility index (Phi) is 3.10. The number of aromatic nitrogens is 1. The SMILES string of the molecule is NC(=O)Cc1ccc2c(N)c3ccc([N+](=O)[O-])cc3nc2c1. The summed E-state index contributed by atoms with van der Waals surface area (Å²) in [7, 11) is 0. The van der Waals surface area contributed by atoms with Gasteiger partial charge in [-0.05, 0) is 17.7 Å². The molecule has 1 amide bonds. The molecule has 0 unspecified atom stereocenters. The predicted molar refractivity (Wildman–Crippen MR) is 83.2 cm³/mol. The summed E-state index contributed by atoms with van der Waals surface area (Å²) in [6.07, 6.45) is 0.102. The Morgan fingerprint density at radius 2 is 1.77 bits per heavy atom. The molecule has 0 saturated heterocycles. The molecule has 1 aromatic heterocycles. The zero-order valence-electron chi connectivity index (χ0n) is 11.4. The Labute approximate surface area is 124 Å². The Morgan fingerprint density at radius 3 is 2.41 bits per heavy atom. The quantitative estimate of drug-likeness (QED) is 0.434. The first-order valence-electron chi connectivity index (χ1n) is 6.50. The first-order valence-corrected chi connectivity index (χ1v) is 6.50. The average molecular weight is 296 g/mol. The van der Waals surface area contributed by atoms with Crippen molar-refractivity contribution in [1.29, 1.82) is 0 Å². The number of primary amides is 1. The van der Waals surface area contributed by atoms with E-state index in [2.05, 4.69) is 4.98 Å². The van der Waals surface area contributed by atoms with E-state index >= 15 is 0 Å². The zero-order chi connectivity index (χ0) is 15.9. The van der Waals surface area contributed by atoms with Gasteiger partial charge in [-0.15, -0.1) is 0 Å². The number of carbonyl (C=O) groups is 1. The summed E-state index contributed by atoms with van der Waals surface area (Å²) in [5.74, 6) is -0.441. The summed E-state index contributed by atoms with van der Waals surface area (Å²) in [6, 6.07) is 9.62. The molecule has 110 valence electrons. The minimum atomic E-state index is -0.481. The van der Waals surface area contributed by atoms with Crippen molar-refractivity contribution in [2.24, 2.45) is 5.73 Å². The van der Waals surface area contributed by atoms with Crippen molar-refractivity contribution in [1.82, 2.24) is 4.98 Å². The lowest BCUT2D eigenvalue weighted by atomic mass is 10.0. The molecule has 0 aliphatic carbocycles. The number of hydrogen-bond donors (Lipinski definition) is 2. The summed E-state index contributed by atoms with van der Waals surface area (Å²) < 4.78 is 0. The van der Waals surface area contributed by atoms with Gasteiger partial charge in [0.05, 0.1) is 28.1 Å². The third-order valence-corrected chi connectivity index (χ3v) is 3.45. The van der Waals surface area contributed by atoms with Gasteiger partial charge in [0.2, 0.25) is 5.91 Å². The van der Waals surface area contributed by atoms with Gasteiger partial charge >= 0.3 is 0 Å². The van der Waals surface area contributed by atoms with Crippen molar-refractivity contribution in [2.75, 3.05) is 5.73 Å². The van der Waals surface area contributed by atoms with Crippen LogP contribution < -0.4 is 11.5 Å². The molecule has 4 N–H and O–H groups in total. The maximum absolute atomic E-state index is 11.0. The number of hydrogen-bond acceptors (Lipinski definition) is 5. The highest BCUT2D eigenvalue weighted by atomic mass is 16.6. The van der Waals surface area contributed by atoms with Crippen LogP contribution in [-0.2, 0) is 11.2 Å². The molecule has 1 heterocycles. The molecular formula is C15H12N4O3. The second-order valence-electron chi connectivity index (χ2n) is 4.98. The number of rotatable bonds is 3. The number of nitrogens with zero attached hydrogens (tertiary/aromatic N) is 2. The van der Waals surface area contributed by atoms with Crippen molar-refractivity contribution in [3.05, 3.63) is 52.1 Å². The van der Waals surface area contributed by atoms with Crippen LogP contribution in [0.5, 0.6) is 0 Å². The number of amides is 1. The van der Waals surface area contributed by atoms with Gasteiger partial charge in [-0.1, -0.05) is 12.1 Å². The van der Waals surface area contributed by atoms with E-state index in [1.54, 1.807) is 24.3 Å². The van der Waals surface area contributed by atoms with Crippen molar-refractivity contribution in [3.8, 4) is 0 Å². The van der Waals surface area contributed by atoms with Crippen LogP contribution in [0, 0.1) is 10.1 Å². The smallest absolute Gasteiger partial charge is 0.271 e. The normalized spacial score (nSPS) is 10.9. The van der Waals surface area contributed by atoms with E-state index < -0.39 is 10.8 Å². The highest BCUT2D eigenvalue weighted by Gasteiger charge is 2.12. The van der Waals surface area contributed by atoms with Crippen LogP contribution in [0.25, 0.3) is 21.8 Å². The molecule has 0 bridgehead atoms. The maximum Gasteiger partial charge on any atom is 0.271 e. The van der Waals surface area contributed by atoms with Crippen LogP contribution in [0.3, 0.4) is 0 Å². The van der Waals surface area contributed by atoms with Crippen LogP contribution >= 0.6 is 0 Å². The molecule has 7 heteroatoms. The van der Waals surface area contributed by atoms with E-state index in [1.165, 1.54) is 12.1 Å². The minimum Gasteiger partial charge on any atom is -0.398 e. The van der Waals surface area contributed by atoms with Gasteiger partial charge in [-0.3, -0.25) is 14.9 Å². The van der Waals surface area contributed by atoms with Gasteiger partial charge in [-0.25, -0.2) is 4.98 Å². The Hall–Kier alpha value is -3.22. The van der Waals surface area contributed by atoms with Crippen molar-refractivity contribution in [3.63, 3.8) is 0 Å². The number of carbonyl (C=O) groups excluding carboxylic acids is 1. The number of benzene rings is 2. The van der Waals surface area contributed by atoms with Gasteiger partial charge in [0.15, 0.2) is 0 Å². The second-order valence-corrected chi connectivity index (χ2v) is 4.98. The summed E-state index contributed by atoms with van der Waals surface area (Å²) in [5.41, 5.74) is 13.5. The van der Waals surface area contributed by atoms with E-state index in [-0.39, 0.29) is 12.1 Å². The predicted octanol–water partition coefficient (Wildman–Crippen LogP) is 1.91. The summed E-state index contributed by atoms with van der Waals surface area (Å²) in [6.45, 7) is 0. The lowest BCUT2D eigenvalue weighted by molar-refractivity contribution is -0.384. The first-order chi connectivity index (χ1) is 10.5. The van der Waals surface area contributed by atoms with Crippen LogP contribution in [0.15, 0.2) is 36.4 Å². The molecule has 0 spiro atoms. The lowest BCUT2D eigenvalue weighted by Crippen LogP contribution is -2.13. The molecule has 0 fully saturated rings. The minimum absolute atomic E-state index is 0.0490. The molecule has 0 aliphatic rings. The zero-order valence-corrected chi connectivity index (χ0v) is 11.4. The van der Waals surface area contributed by atoms with Gasteiger partial charge in [0, 0.05) is 22.9 Å². The summed E-state index contributed by atoms with van der Waals surface area (Å²) in [4.78, 5) is 25.8. The molecule has 0 saturated carbocycles. The maximum atomic E-state index is 11.0. The fourth-order valence-corrected chi connectivity index (χ4v) is 2.44. The largest absolute Gasteiger partial charge is 0.398 e. The third kappa shape index (κ3) is 2.28. The number of anilines is 1.